The maximum absolute atomic E-state index is 12.2. The summed E-state index contributed by atoms with van der Waals surface area (Å²) in [7, 11) is 0. The van der Waals surface area contributed by atoms with Crippen molar-refractivity contribution in [2.45, 2.75) is 26.8 Å². The Morgan fingerprint density at radius 2 is 1.57 bits per heavy atom. The molecule has 0 radical (unpaired) electrons. The van der Waals surface area contributed by atoms with E-state index in [9.17, 15) is 4.79 Å². The molecule has 23 heavy (non-hydrogen) atoms. The first-order valence-corrected chi connectivity index (χ1v) is 7.81. The minimum atomic E-state index is -0.118. The number of rotatable bonds is 7. The number of ether oxygens (including phenoxy) is 2. The van der Waals surface area contributed by atoms with Crippen molar-refractivity contribution in [2.75, 3.05) is 13.2 Å². The van der Waals surface area contributed by atoms with Crippen LogP contribution in [0.3, 0.4) is 0 Å². The maximum atomic E-state index is 12.2. The first-order chi connectivity index (χ1) is 11.1. The van der Waals surface area contributed by atoms with E-state index in [1.54, 1.807) is 24.3 Å². The largest absolute Gasteiger partial charge is 0.494 e. The molecule has 2 rings (SSSR count). The fraction of sp³-hybridized carbons (Fsp3) is 0.316. The van der Waals surface area contributed by atoms with E-state index in [2.05, 4.69) is 5.32 Å². The van der Waals surface area contributed by atoms with Crippen LogP contribution >= 0.6 is 0 Å². The van der Waals surface area contributed by atoms with Gasteiger partial charge in [0.2, 0.25) is 0 Å². The van der Waals surface area contributed by atoms with Gasteiger partial charge in [-0.15, -0.1) is 0 Å². The zero-order valence-corrected chi connectivity index (χ0v) is 13.8. The molecule has 2 aromatic rings. The van der Waals surface area contributed by atoms with E-state index in [1.807, 2.05) is 45.0 Å². The van der Waals surface area contributed by atoms with Crippen LogP contribution in [0.4, 0.5) is 0 Å². The summed E-state index contributed by atoms with van der Waals surface area (Å²) in [6.45, 7) is 6.91. The highest BCUT2D eigenvalue weighted by molar-refractivity contribution is 5.94. The third-order valence-electron chi connectivity index (χ3n) is 3.33. The van der Waals surface area contributed by atoms with E-state index in [0.717, 1.165) is 11.5 Å². The Morgan fingerprint density at radius 1 is 1.00 bits per heavy atom. The molecule has 0 saturated carbocycles. The predicted molar refractivity (Wildman–Crippen MR) is 91.2 cm³/mol. The Bertz CT molecular complexity index is 620. The lowest BCUT2D eigenvalue weighted by molar-refractivity contribution is 0.0926. The molecule has 0 saturated heterocycles. The summed E-state index contributed by atoms with van der Waals surface area (Å²) < 4.78 is 11.0. The van der Waals surface area contributed by atoms with Gasteiger partial charge in [0, 0.05) is 5.56 Å². The highest BCUT2D eigenvalue weighted by atomic mass is 16.5. The summed E-state index contributed by atoms with van der Waals surface area (Å²) in [5, 5.41) is 2.92. The molecule has 0 aromatic heterocycles. The molecule has 1 atom stereocenters. The van der Waals surface area contributed by atoms with Crippen LogP contribution in [-0.4, -0.2) is 25.2 Å². The zero-order chi connectivity index (χ0) is 16.7. The van der Waals surface area contributed by atoms with E-state index in [4.69, 9.17) is 9.47 Å². The van der Waals surface area contributed by atoms with E-state index in [1.165, 1.54) is 5.56 Å². The topological polar surface area (TPSA) is 47.6 Å². The Kier molecular flexibility index (Phi) is 6.03. The number of amides is 1. The fourth-order valence-electron chi connectivity index (χ4n) is 2.07. The van der Waals surface area contributed by atoms with Crippen molar-refractivity contribution in [2.24, 2.45) is 0 Å². The molecule has 0 spiro atoms. The second kappa shape index (κ2) is 8.22. The van der Waals surface area contributed by atoms with E-state index >= 15 is 0 Å². The second-order valence-corrected chi connectivity index (χ2v) is 5.46. The number of hydrogen-bond donors (Lipinski definition) is 1. The molecular weight excluding hydrogens is 290 g/mol. The molecular formula is C19H23NO3. The Morgan fingerprint density at radius 3 is 2.17 bits per heavy atom. The predicted octanol–water partition coefficient (Wildman–Crippen LogP) is 3.59. The maximum Gasteiger partial charge on any atom is 0.251 e. The van der Waals surface area contributed by atoms with Gasteiger partial charge in [-0.1, -0.05) is 17.7 Å². The third kappa shape index (κ3) is 5.33. The van der Waals surface area contributed by atoms with Crippen LogP contribution in [-0.2, 0) is 0 Å². The van der Waals surface area contributed by atoms with Crippen LogP contribution in [0.15, 0.2) is 48.5 Å². The average molecular weight is 313 g/mol. The van der Waals surface area contributed by atoms with Crippen molar-refractivity contribution >= 4 is 5.91 Å². The fourth-order valence-corrected chi connectivity index (χ4v) is 2.07. The molecule has 122 valence electrons. The summed E-state index contributed by atoms with van der Waals surface area (Å²) in [4.78, 5) is 12.2. The molecule has 0 heterocycles. The lowest BCUT2D eigenvalue weighted by atomic mass is 10.2. The number of hydrogen-bond acceptors (Lipinski definition) is 3. The molecule has 0 unspecified atom stereocenters. The highest BCUT2D eigenvalue weighted by Crippen LogP contribution is 2.13. The monoisotopic (exact) mass is 313 g/mol. The summed E-state index contributed by atoms with van der Waals surface area (Å²) in [5.41, 5.74) is 1.80. The normalized spacial score (nSPS) is 11.6. The molecule has 2 aromatic carbocycles. The van der Waals surface area contributed by atoms with E-state index in [0.29, 0.717) is 18.8 Å². The summed E-state index contributed by atoms with van der Waals surface area (Å²) in [5.74, 6) is 1.45. The SMILES string of the molecule is CCOc1ccc(C(=O)N[C@@H](C)COc2ccc(C)cc2)cc1. The highest BCUT2D eigenvalue weighted by Gasteiger charge is 2.10. The summed E-state index contributed by atoms with van der Waals surface area (Å²) in [6, 6.07) is 14.9. The summed E-state index contributed by atoms with van der Waals surface area (Å²) >= 11 is 0. The average Bonchev–Trinajstić information content (AvgIpc) is 2.55. The molecule has 4 nitrogen and oxygen atoms in total. The smallest absolute Gasteiger partial charge is 0.251 e. The van der Waals surface area contributed by atoms with Crippen molar-refractivity contribution in [3.05, 3.63) is 59.7 Å². The van der Waals surface area contributed by atoms with Gasteiger partial charge in [-0.3, -0.25) is 4.79 Å². The van der Waals surface area contributed by atoms with Crippen LogP contribution in [0.25, 0.3) is 0 Å². The van der Waals surface area contributed by atoms with Gasteiger partial charge in [0.05, 0.1) is 12.6 Å². The number of carbonyl (C=O) groups is 1. The minimum Gasteiger partial charge on any atom is -0.494 e. The molecule has 0 fully saturated rings. The van der Waals surface area contributed by atoms with Gasteiger partial charge in [0.15, 0.2) is 0 Å². The van der Waals surface area contributed by atoms with Crippen LogP contribution in [0.5, 0.6) is 11.5 Å². The van der Waals surface area contributed by atoms with Crippen molar-refractivity contribution in [1.82, 2.24) is 5.32 Å². The molecule has 0 aliphatic heterocycles. The molecule has 0 bridgehead atoms. The Balaban J connectivity index is 1.82. The van der Waals surface area contributed by atoms with Gasteiger partial charge in [0.25, 0.3) is 5.91 Å². The van der Waals surface area contributed by atoms with Gasteiger partial charge >= 0.3 is 0 Å². The van der Waals surface area contributed by atoms with Crippen molar-refractivity contribution in [1.29, 1.82) is 0 Å². The van der Waals surface area contributed by atoms with Crippen molar-refractivity contribution in [3.63, 3.8) is 0 Å². The molecule has 4 heteroatoms. The number of benzene rings is 2. The van der Waals surface area contributed by atoms with Crippen LogP contribution in [0, 0.1) is 6.92 Å². The van der Waals surface area contributed by atoms with Crippen molar-refractivity contribution < 1.29 is 14.3 Å². The van der Waals surface area contributed by atoms with Gasteiger partial charge in [-0.25, -0.2) is 0 Å². The third-order valence-corrected chi connectivity index (χ3v) is 3.33. The van der Waals surface area contributed by atoms with Crippen LogP contribution in [0.1, 0.15) is 29.8 Å². The second-order valence-electron chi connectivity index (χ2n) is 5.46. The first kappa shape index (κ1) is 16.9. The molecule has 1 amide bonds. The quantitative estimate of drug-likeness (QED) is 0.850. The molecule has 0 aliphatic rings. The Hall–Kier alpha value is -2.49. The number of carbonyl (C=O) groups excluding carboxylic acids is 1. The lowest BCUT2D eigenvalue weighted by Gasteiger charge is -2.15. The van der Waals surface area contributed by atoms with Gasteiger partial charge in [0.1, 0.15) is 18.1 Å². The van der Waals surface area contributed by atoms with E-state index < -0.39 is 0 Å². The minimum absolute atomic E-state index is 0.0876. The zero-order valence-electron chi connectivity index (χ0n) is 13.8. The van der Waals surface area contributed by atoms with Gasteiger partial charge in [-0.05, 0) is 57.2 Å². The summed E-state index contributed by atoms with van der Waals surface area (Å²) in [6.07, 6.45) is 0. The van der Waals surface area contributed by atoms with Gasteiger partial charge < -0.3 is 14.8 Å². The van der Waals surface area contributed by atoms with Gasteiger partial charge in [-0.2, -0.15) is 0 Å². The van der Waals surface area contributed by atoms with Crippen LogP contribution < -0.4 is 14.8 Å². The number of nitrogens with one attached hydrogen (secondary N) is 1. The van der Waals surface area contributed by atoms with Crippen molar-refractivity contribution in [3.8, 4) is 11.5 Å². The lowest BCUT2D eigenvalue weighted by Crippen LogP contribution is -2.36. The molecule has 0 aliphatic carbocycles. The van der Waals surface area contributed by atoms with E-state index in [-0.39, 0.29) is 11.9 Å². The standard InChI is InChI=1S/C19H23NO3/c1-4-22-17-11-7-16(8-12-17)19(21)20-15(3)13-23-18-9-5-14(2)6-10-18/h5-12,15H,4,13H2,1-3H3,(H,20,21)/t15-/m0/s1. The molecule has 1 N–H and O–H groups in total. The first-order valence-electron chi connectivity index (χ1n) is 7.81. The Labute approximate surface area is 137 Å². The number of aryl methyl sites for hydroxylation is 1. The van der Waals surface area contributed by atoms with Crippen LogP contribution in [0.2, 0.25) is 0 Å².